The smallest absolute Gasteiger partial charge is 0.227 e. The van der Waals surface area contributed by atoms with Crippen LogP contribution >= 0.6 is 12.4 Å². The number of hydrogen-bond acceptors (Lipinski definition) is 3. The monoisotopic (exact) mass is 367 g/mol. The molecule has 1 amide bonds. The normalized spacial score (nSPS) is 19.3. The predicted octanol–water partition coefficient (Wildman–Crippen LogP) is 3.20. The van der Waals surface area contributed by atoms with Gasteiger partial charge in [0.25, 0.3) is 0 Å². The number of hydrogen-bond donors (Lipinski definition) is 2. The Labute approximate surface area is 158 Å². The van der Waals surface area contributed by atoms with Crippen LogP contribution in [0.4, 0.5) is 0 Å². The summed E-state index contributed by atoms with van der Waals surface area (Å²) in [4.78, 5) is 15.2. The molecule has 142 valence electrons. The number of benzene rings is 1. The third-order valence-corrected chi connectivity index (χ3v) is 5.85. The predicted molar refractivity (Wildman–Crippen MR) is 107 cm³/mol. The highest BCUT2D eigenvalue weighted by Crippen LogP contribution is 2.27. The van der Waals surface area contributed by atoms with Crippen molar-refractivity contribution in [2.24, 2.45) is 17.1 Å². The van der Waals surface area contributed by atoms with E-state index in [4.69, 9.17) is 5.73 Å². The van der Waals surface area contributed by atoms with Gasteiger partial charge in [-0.05, 0) is 44.2 Å². The number of nitrogens with one attached hydrogen (secondary N) is 1. The molecule has 1 aliphatic rings. The van der Waals surface area contributed by atoms with E-state index in [-0.39, 0.29) is 24.4 Å². The van der Waals surface area contributed by atoms with Crippen molar-refractivity contribution in [1.29, 1.82) is 0 Å². The zero-order valence-corrected chi connectivity index (χ0v) is 16.6. The van der Waals surface area contributed by atoms with E-state index in [2.05, 4.69) is 61.3 Å². The SMILES string of the molecule is CCC(CC)(CN)C(=O)NC(C)C1CCN(Cc2ccccc2)C1.Cl. The molecule has 2 unspecified atom stereocenters. The maximum atomic E-state index is 12.7. The first-order valence-electron chi connectivity index (χ1n) is 9.32. The maximum Gasteiger partial charge on any atom is 0.227 e. The quantitative estimate of drug-likeness (QED) is 0.741. The molecule has 25 heavy (non-hydrogen) atoms. The fraction of sp³-hybridized carbons (Fsp3) is 0.650. The van der Waals surface area contributed by atoms with E-state index in [1.807, 2.05) is 0 Å². The Hall–Kier alpha value is -1.10. The van der Waals surface area contributed by atoms with Crippen LogP contribution in [0.3, 0.4) is 0 Å². The van der Waals surface area contributed by atoms with Gasteiger partial charge in [-0.2, -0.15) is 0 Å². The van der Waals surface area contributed by atoms with Crippen LogP contribution in [-0.2, 0) is 11.3 Å². The number of nitrogens with two attached hydrogens (primary N) is 1. The molecule has 2 rings (SSSR count). The fourth-order valence-electron chi connectivity index (χ4n) is 3.69. The van der Waals surface area contributed by atoms with E-state index in [9.17, 15) is 4.79 Å². The molecule has 0 bridgehead atoms. The molecular weight excluding hydrogens is 334 g/mol. The highest BCUT2D eigenvalue weighted by atomic mass is 35.5. The molecule has 1 aromatic rings. The van der Waals surface area contributed by atoms with Crippen LogP contribution in [-0.4, -0.2) is 36.5 Å². The summed E-state index contributed by atoms with van der Waals surface area (Å²) < 4.78 is 0. The van der Waals surface area contributed by atoms with Gasteiger partial charge in [-0.1, -0.05) is 44.2 Å². The minimum Gasteiger partial charge on any atom is -0.353 e. The lowest BCUT2D eigenvalue weighted by molar-refractivity contribution is -0.132. The first-order valence-corrected chi connectivity index (χ1v) is 9.32. The van der Waals surface area contributed by atoms with Crippen LogP contribution in [0.1, 0.15) is 45.6 Å². The van der Waals surface area contributed by atoms with Gasteiger partial charge >= 0.3 is 0 Å². The van der Waals surface area contributed by atoms with Crippen molar-refractivity contribution in [2.45, 2.75) is 52.6 Å². The number of carbonyl (C=O) groups is 1. The molecule has 1 heterocycles. The molecule has 2 atom stereocenters. The van der Waals surface area contributed by atoms with Gasteiger partial charge in [-0.3, -0.25) is 9.69 Å². The lowest BCUT2D eigenvalue weighted by Crippen LogP contribution is -2.50. The number of likely N-dealkylation sites (tertiary alicyclic amines) is 1. The van der Waals surface area contributed by atoms with Gasteiger partial charge in [0.15, 0.2) is 0 Å². The average molecular weight is 368 g/mol. The van der Waals surface area contributed by atoms with Crippen LogP contribution in [0, 0.1) is 11.3 Å². The van der Waals surface area contributed by atoms with Crippen molar-refractivity contribution in [1.82, 2.24) is 10.2 Å². The summed E-state index contributed by atoms with van der Waals surface area (Å²) in [5.41, 5.74) is 6.85. The summed E-state index contributed by atoms with van der Waals surface area (Å²) in [5, 5.41) is 3.25. The molecule has 0 spiro atoms. The van der Waals surface area contributed by atoms with Gasteiger partial charge in [0.1, 0.15) is 0 Å². The van der Waals surface area contributed by atoms with E-state index in [1.54, 1.807) is 0 Å². The fourth-order valence-corrected chi connectivity index (χ4v) is 3.69. The molecule has 4 nitrogen and oxygen atoms in total. The van der Waals surface area contributed by atoms with Gasteiger partial charge in [0.2, 0.25) is 5.91 Å². The first-order chi connectivity index (χ1) is 11.5. The number of rotatable bonds is 8. The van der Waals surface area contributed by atoms with Crippen LogP contribution in [0.15, 0.2) is 30.3 Å². The second kappa shape index (κ2) is 10.1. The van der Waals surface area contributed by atoms with Gasteiger partial charge < -0.3 is 11.1 Å². The maximum absolute atomic E-state index is 12.7. The van der Waals surface area contributed by atoms with Crippen LogP contribution < -0.4 is 11.1 Å². The van der Waals surface area contributed by atoms with Crippen molar-refractivity contribution in [3.63, 3.8) is 0 Å². The Bertz CT molecular complexity index is 511. The second-order valence-electron chi connectivity index (χ2n) is 7.22. The Morgan fingerprint density at radius 3 is 2.52 bits per heavy atom. The standard InChI is InChI=1S/C20H33N3O.ClH/c1-4-20(5-2,15-21)19(24)22-16(3)18-11-12-23(14-18)13-17-9-7-6-8-10-17;/h6-10,16,18H,4-5,11-15,21H2,1-3H3,(H,22,24);1H. The third kappa shape index (κ3) is 5.44. The molecule has 0 aromatic heterocycles. The van der Waals surface area contributed by atoms with Gasteiger partial charge in [-0.25, -0.2) is 0 Å². The van der Waals surface area contributed by atoms with Crippen molar-refractivity contribution in [3.8, 4) is 0 Å². The molecule has 3 N–H and O–H groups in total. The van der Waals surface area contributed by atoms with Crippen LogP contribution in [0.2, 0.25) is 0 Å². The molecule has 5 heteroatoms. The highest BCUT2D eigenvalue weighted by Gasteiger charge is 2.36. The van der Waals surface area contributed by atoms with Crippen molar-refractivity contribution < 1.29 is 4.79 Å². The molecule has 0 radical (unpaired) electrons. The summed E-state index contributed by atoms with van der Waals surface area (Å²) >= 11 is 0. The summed E-state index contributed by atoms with van der Waals surface area (Å²) in [6, 6.07) is 10.8. The average Bonchev–Trinajstić information content (AvgIpc) is 3.06. The van der Waals surface area contributed by atoms with E-state index < -0.39 is 5.41 Å². The van der Waals surface area contributed by atoms with Crippen LogP contribution in [0.25, 0.3) is 0 Å². The van der Waals surface area contributed by atoms with Gasteiger partial charge in [0, 0.05) is 25.7 Å². The Morgan fingerprint density at radius 2 is 1.96 bits per heavy atom. The minimum atomic E-state index is -0.406. The summed E-state index contributed by atoms with van der Waals surface area (Å²) in [6.45, 7) is 9.81. The second-order valence-corrected chi connectivity index (χ2v) is 7.22. The molecule has 0 aliphatic carbocycles. The number of nitrogens with zero attached hydrogens (tertiary/aromatic N) is 1. The van der Waals surface area contributed by atoms with Crippen LogP contribution in [0.5, 0.6) is 0 Å². The lowest BCUT2D eigenvalue weighted by atomic mass is 9.81. The third-order valence-electron chi connectivity index (χ3n) is 5.85. The van der Waals surface area contributed by atoms with E-state index in [0.29, 0.717) is 12.5 Å². The molecular formula is C20H34ClN3O. The topological polar surface area (TPSA) is 58.4 Å². The van der Waals surface area contributed by atoms with E-state index >= 15 is 0 Å². The first kappa shape index (κ1) is 21.9. The largest absolute Gasteiger partial charge is 0.353 e. The summed E-state index contributed by atoms with van der Waals surface area (Å²) in [7, 11) is 0. The number of halogens is 1. The Morgan fingerprint density at radius 1 is 1.32 bits per heavy atom. The lowest BCUT2D eigenvalue weighted by Gasteiger charge is -2.32. The molecule has 1 aromatic carbocycles. The van der Waals surface area contributed by atoms with Crippen molar-refractivity contribution in [3.05, 3.63) is 35.9 Å². The summed E-state index contributed by atoms with van der Waals surface area (Å²) in [6.07, 6.45) is 2.73. The van der Waals surface area contributed by atoms with Crippen molar-refractivity contribution >= 4 is 18.3 Å². The van der Waals surface area contributed by atoms with Crippen molar-refractivity contribution in [2.75, 3.05) is 19.6 Å². The molecule has 1 fully saturated rings. The Balaban J connectivity index is 0.00000312. The van der Waals surface area contributed by atoms with Gasteiger partial charge in [0.05, 0.1) is 5.41 Å². The zero-order valence-electron chi connectivity index (χ0n) is 15.8. The van der Waals surface area contributed by atoms with Gasteiger partial charge in [-0.15, -0.1) is 12.4 Å². The molecule has 1 aliphatic heterocycles. The zero-order chi connectivity index (χ0) is 17.6. The Kier molecular flexibility index (Phi) is 8.91. The number of amides is 1. The molecule has 0 saturated carbocycles. The number of carbonyl (C=O) groups excluding carboxylic acids is 1. The van der Waals surface area contributed by atoms with E-state index in [1.165, 1.54) is 5.56 Å². The van der Waals surface area contributed by atoms with E-state index in [0.717, 1.165) is 38.9 Å². The highest BCUT2D eigenvalue weighted by molar-refractivity contribution is 5.85. The summed E-state index contributed by atoms with van der Waals surface area (Å²) in [5.74, 6) is 0.644. The minimum absolute atomic E-state index is 0. The molecule has 1 saturated heterocycles.